The molecule has 0 saturated carbocycles. The molecule has 1 fully saturated rings. The summed E-state index contributed by atoms with van der Waals surface area (Å²) in [5, 5.41) is 8.59. The molecule has 3 amide bonds. The van der Waals surface area contributed by atoms with Gasteiger partial charge in [-0.05, 0) is 43.9 Å². The van der Waals surface area contributed by atoms with Gasteiger partial charge in [-0.3, -0.25) is 4.79 Å². The van der Waals surface area contributed by atoms with Gasteiger partial charge in [0.15, 0.2) is 0 Å². The van der Waals surface area contributed by atoms with Gasteiger partial charge >= 0.3 is 6.03 Å². The number of anilines is 2. The minimum absolute atomic E-state index is 0.0845. The highest BCUT2D eigenvalue weighted by atomic mass is 16.2. The Hall–Kier alpha value is -2.24. The van der Waals surface area contributed by atoms with Crippen molar-refractivity contribution in [1.29, 1.82) is 0 Å². The highest BCUT2D eigenvalue weighted by Gasteiger charge is 2.20. The molecule has 0 aromatic heterocycles. The van der Waals surface area contributed by atoms with E-state index in [1.54, 1.807) is 6.07 Å². The molecule has 6 nitrogen and oxygen atoms in total. The molecule has 2 rings (SSSR count). The van der Waals surface area contributed by atoms with E-state index < -0.39 is 0 Å². The van der Waals surface area contributed by atoms with Crippen LogP contribution in [-0.4, -0.2) is 38.1 Å². The van der Waals surface area contributed by atoms with Crippen LogP contribution in [0.3, 0.4) is 0 Å². The zero-order valence-electron chi connectivity index (χ0n) is 15.4. The number of nitrogens with one attached hydrogen (secondary N) is 3. The Kier molecular flexibility index (Phi) is 7.57. The second-order valence-corrected chi connectivity index (χ2v) is 6.42. The van der Waals surface area contributed by atoms with E-state index in [2.05, 4.69) is 27.8 Å². The Balaban J connectivity index is 2.13. The maximum Gasteiger partial charge on any atom is 0.319 e. The van der Waals surface area contributed by atoms with Gasteiger partial charge < -0.3 is 20.9 Å². The Morgan fingerprint density at radius 3 is 2.48 bits per heavy atom. The molecule has 0 unspecified atom stereocenters. The van der Waals surface area contributed by atoms with Crippen LogP contribution in [0.1, 0.15) is 56.3 Å². The topological polar surface area (TPSA) is 73.5 Å². The Morgan fingerprint density at radius 1 is 1.04 bits per heavy atom. The van der Waals surface area contributed by atoms with Crippen molar-refractivity contribution < 1.29 is 9.59 Å². The largest absolute Gasteiger partial charge is 0.371 e. The van der Waals surface area contributed by atoms with Gasteiger partial charge in [-0.15, -0.1) is 0 Å². The molecule has 1 aliphatic rings. The molecule has 1 saturated heterocycles. The first-order chi connectivity index (χ1) is 12.2. The maximum absolute atomic E-state index is 12.6. The smallest absolute Gasteiger partial charge is 0.319 e. The van der Waals surface area contributed by atoms with Crippen LogP contribution < -0.4 is 20.9 Å². The summed E-state index contributed by atoms with van der Waals surface area (Å²) in [7, 11) is 0. The van der Waals surface area contributed by atoms with Crippen LogP contribution in [-0.2, 0) is 0 Å². The van der Waals surface area contributed by atoms with Crippen molar-refractivity contribution in [2.75, 3.05) is 36.4 Å². The lowest BCUT2D eigenvalue weighted by Crippen LogP contribution is -2.30. The van der Waals surface area contributed by atoms with Crippen molar-refractivity contribution >= 4 is 23.3 Å². The summed E-state index contributed by atoms with van der Waals surface area (Å²) in [6.07, 6.45) is 5.17. The van der Waals surface area contributed by atoms with E-state index in [-0.39, 0.29) is 11.9 Å². The molecule has 0 bridgehead atoms. The molecule has 1 heterocycles. The zero-order valence-corrected chi connectivity index (χ0v) is 15.4. The molecule has 0 aliphatic carbocycles. The normalized spacial score (nSPS) is 13.6. The molecular weight excluding hydrogens is 316 g/mol. The Morgan fingerprint density at radius 2 is 1.80 bits per heavy atom. The van der Waals surface area contributed by atoms with Crippen molar-refractivity contribution in [1.82, 2.24) is 10.6 Å². The molecule has 0 spiro atoms. The van der Waals surface area contributed by atoms with Crippen molar-refractivity contribution in [3.8, 4) is 0 Å². The van der Waals surface area contributed by atoms with E-state index in [0.717, 1.165) is 50.9 Å². The lowest BCUT2D eigenvalue weighted by Gasteiger charge is -2.22. The number of unbranched alkanes of at least 4 members (excludes halogenated alkanes) is 1. The lowest BCUT2D eigenvalue weighted by atomic mass is 10.1. The first-order valence-corrected chi connectivity index (χ1v) is 9.37. The summed E-state index contributed by atoms with van der Waals surface area (Å²) >= 11 is 0. The minimum atomic E-state index is -0.234. The fraction of sp³-hybridized carbons (Fsp3) is 0.579. The van der Waals surface area contributed by atoms with E-state index in [1.165, 1.54) is 0 Å². The van der Waals surface area contributed by atoms with E-state index in [0.29, 0.717) is 24.3 Å². The van der Waals surface area contributed by atoms with Crippen molar-refractivity contribution in [2.45, 2.75) is 46.0 Å². The number of hydrogen-bond acceptors (Lipinski definition) is 3. The average Bonchev–Trinajstić information content (AvgIpc) is 3.14. The van der Waals surface area contributed by atoms with Crippen LogP contribution in [0.4, 0.5) is 16.2 Å². The third kappa shape index (κ3) is 5.66. The first kappa shape index (κ1) is 19.1. The summed E-state index contributed by atoms with van der Waals surface area (Å²) in [5.74, 6) is -0.0845. The predicted octanol–water partition coefficient (Wildman–Crippen LogP) is 3.35. The number of carbonyl (C=O) groups is 2. The van der Waals surface area contributed by atoms with Gasteiger partial charge in [-0.1, -0.05) is 20.3 Å². The Bertz CT molecular complexity index is 583. The molecule has 1 aliphatic heterocycles. The highest BCUT2D eigenvalue weighted by molar-refractivity contribution is 6.02. The van der Waals surface area contributed by atoms with Crippen LogP contribution in [0.5, 0.6) is 0 Å². The number of benzene rings is 1. The van der Waals surface area contributed by atoms with Crippen molar-refractivity contribution in [3.63, 3.8) is 0 Å². The van der Waals surface area contributed by atoms with Gasteiger partial charge in [-0.25, -0.2) is 4.79 Å². The van der Waals surface area contributed by atoms with Gasteiger partial charge in [0.2, 0.25) is 0 Å². The van der Waals surface area contributed by atoms with E-state index in [4.69, 9.17) is 0 Å². The standard InChI is InChI=1S/C19H30N4O2/c1-3-5-11-21-19(25)22-15-8-9-17(23-12-6-7-13-23)16(14-15)18(24)20-10-4-2/h8-9,14H,3-7,10-13H2,1-2H3,(H,20,24)(H2,21,22,25). The number of carbonyl (C=O) groups excluding carboxylic acids is 2. The SMILES string of the molecule is CCCCNC(=O)Nc1ccc(N2CCCC2)c(C(=O)NCCC)c1. The van der Waals surface area contributed by atoms with Crippen LogP contribution in [0, 0.1) is 0 Å². The van der Waals surface area contributed by atoms with Gasteiger partial charge in [0.1, 0.15) is 0 Å². The van der Waals surface area contributed by atoms with E-state index >= 15 is 0 Å². The highest BCUT2D eigenvalue weighted by Crippen LogP contribution is 2.27. The Labute approximate surface area is 150 Å². The first-order valence-electron chi connectivity index (χ1n) is 9.37. The third-order valence-electron chi connectivity index (χ3n) is 4.30. The number of urea groups is 1. The molecular formula is C19H30N4O2. The quantitative estimate of drug-likeness (QED) is 0.632. The zero-order chi connectivity index (χ0) is 18.1. The summed E-state index contributed by atoms with van der Waals surface area (Å²) in [6.45, 7) is 7.35. The summed E-state index contributed by atoms with van der Waals surface area (Å²) < 4.78 is 0. The molecule has 3 N–H and O–H groups in total. The number of hydrogen-bond donors (Lipinski definition) is 3. The van der Waals surface area contributed by atoms with Gasteiger partial charge in [-0.2, -0.15) is 0 Å². The molecule has 1 aromatic rings. The second-order valence-electron chi connectivity index (χ2n) is 6.42. The molecule has 1 aromatic carbocycles. The third-order valence-corrected chi connectivity index (χ3v) is 4.30. The molecule has 0 radical (unpaired) electrons. The average molecular weight is 346 g/mol. The van der Waals surface area contributed by atoms with E-state index in [9.17, 15) is 9.59 Å². The fourth-order valence-electron chi connectivity index (χ4n) is 2.92. The fourth-order valence-corrected chi connectivity index (χ4v) is 2.92. The van der Waals surface area contributed by atoms with Crippen LogP contribution >= 0.6 is 0 Å². The van der Waals surface area contributed by atoms with Gasteiger partial charge in [0.25, 0.3) is 5.91 Å². The molecule has 25 heavy (non-hydrogen) atoms. The van der Waals surface area contributed by atoms with Crippen LogP contribution in [0.2, 0.25) is 0 Å². The monoisotopic (exact) mass is 346 g/mol. The molecule has 6 heteroatoms. The van der Waals surface area contributed by atoms with Crippen LogP contribution in [0.25, 0.3) is 0 Å². The summed E-state index contributed by atoms with van der Waals surface area (Å²) in [6, 6.07) is 5.34. The summed E-state index contributed by atoms with van der Waals surface area (Å²) in [5.41, 5.74) is 2.21. The second kappa shape index (κ2) is 9.91. The maximum atomic E-state index is 12.6. The lowest BCUT2D eigenvalue weighted by molar-refractivity contribution is 0.0954. The van der Waals surface area contributed by atoms with Gasteiger partial charge in [0, 0.05) is 37.6 Å². The number of nitrogens with zero attached hydrogens (tertiary/aromatic N) is 1. The number of rotatable bonds is 8. The predicted molar refractivity (Wildman–Crippen MR) is 102 cm³/mol. The summed E-state index contributed by atoms with van der Waals surface area (Å²) in [4.78, 5) is 26.8. The van der Waals surface area contributed by atoms with Gasteiger partial charge in [0.05, 0.1) is 5.56 Å². The number of amides is 3. The van der Waals surface area contributed by atoms with Crippen molar-refractivity contribution in [3.05, 3.63) is 23.8 Å². The van der Waals surface area contributed by atoms with Crippen molar-refractivity contribution in [2.24, 2.45) is 0 Å². The molecule has 0 atom stereocenters. The van der Waals surface area contributed by atoms with E-state index in [1.807, 2.05) is 19.1 Å². The minimum Gasteiger partial charge on any atom is -0.371 e. The molecule has 138 valence electrons. The van der Waals surface area contributed by atoms with Crippen LogP contribution in [0.15, 0.2) is 18.2 Å².